The van der Waals surface area contributed by atoms with Crippen molar-refractivity contribution in [2.45, 2.75) is 51.2 Å². The fraction of sp³-hybridized carbons (Fsp3) is 0.867. The van der Waals surface area contributed by atoms with Crippen molar-refractivity contribution in [1.82, 2.24) is 0 Å². The van der Waals surface area contributed by atoms with Crippen molar-refractivity contribution >= 4 is 0 Å². The SMILES string of the molecule is COCO[C@@H]1C[C@@H](CO)[C@H](/C=C/CCC[C@H](C)O)C1. The van der Waals surface area contributed by atoms with E-state index in [0.29, 0.717) is 18.6 Å². The molecule has 0 amide bonds. The Balaban J connectivity index is 2.28. The minimum Gasteiger partial charge on any atom is -0.396 e. The summed E-state index contributed by atoms with van der Waals surface area (Å²) >= 11 is 0. The van der Waals surface area contributed by atoms with E-state index in [1.807, 2.05) is 6.92 Å². The topological polar surface area (TPSA) is 58.9 Å². The molecule has 0 radical (unpaired) electrons. The van der Waals surface area contributed by atoms with Crippen LogP contribution in [0.3, 0.4) is 0 Å². The van der Waals surface area contributed by atoms with Gasteiger partial charge in [-0.1, -0.05) is 12.2 Å². The lowest BCUT2D eigenvalue weighted by molar-refractivity contribution is -0.0707. The van der Waals surface area contributed by atoms with Crippen LogP contribution in [0.1, 0.15) is 39.0 Å². The van der Waals surface area contributed by atoms with E-state index in [0.717, 1.165) is 32.1 Å². The first kappa shape index (κ1) is 16.6. The molecule has 4 heteroatoms. The standard InChI is InChI=1S/C15H28O4/c1-12(17)6-4-3-5-7-13-8-15(19-11-18-2)9-14(13)10-16/h5,7,12-17H,3-4,6,8-11H2,1-2H3/b7-5+/t12-,13+,14-,15-/m0/s1. The number of methoxy groups -OCH3 is 1. The molecule has 0 unspecified atom stereocenters. The van der Waals surface area contributed by atoms with E-state index in [-0.39, 0.29) is 18.8 Å². The number of unbranched alkanes of at least 4 members (excludes halogenated alkanes) is 1. The van der Waals surface area contributed by atoms with E-state index in [1.54, 1.807) is 7.11 Å². The molecule has 0 aromatic rings. The molecule has 1 fully saturated rings. The van der Waals surface area contributed by atoms with Gasteiger partial charge in [0.25, 0.3) is 0 Å². The largest absolute Gasteiger partial charge is 0.396 e. The van der Waals surface area contributed by atoms with Crippen LogP contribution >= 0.6 is 0 Å². The number of hydrogen-bond acceptors (Lipinski definition) is 4. The summed E-state index contributed by atoms with van der Waals surface area (Å²) in [6.07, 6.45) is 9.08. The van der Waals surface area contributed by atoms with E-state index in [9.17, 15) is 10.2 Å². The van der Waals surface area contributed by atoms with Gasteiger partial charge in [-0.05, 0) is 50.9 Å². The van der Waals surface area contributed by atoms with Crippen molar-refractivity contribution in [2.75, 3.05) is 20.5 Å². The summed E-state index contributed by atoms with van der Waals surface area (Å²) in [5.41, 5.74) is 0. The van der Waals surface area contributed by atoms with Gasteiger partial charge in [-0.15, -0.1) is 0 Å². The van der Waals surface area contributed by atoms with Crippen molar-refractivity contribution in [3.63, 3.8) is 0 Å². The Morgan fingerprint density at radius 2 is 2.16 bits per heavy atom. The van der Waals surface area contributed by atoms with Gasteiger partial charge in [-0.3, -0.25) is 0 Å². The summed E-state index contributed by atoms with van der Waals surface area (Å²) < 4.78 is 10.5. The van der Waals surface area contributed by atoms with Crippen LogP contribution in [0.5, 0.6) is 0 Å². The number of allylic oxidation sites excluding steroid dienone is 2. The highest BCUT2D eigenvalue weighted by molar-refractivity contribution is 4.97. The molecule has 0 aliphatic heterocycles. The van der Waals surface area contributed by atoms with Crippen molar-refractivity contribution in [3.05, 3.63) is 12.2 Å². The van der Waals surface area contributed by atoms with E-state index >= 15 is 0 Å². The van der Waals surface area contributed by atoms with E-state index < -0.39 is 0 Å². The minimum atomic E-state index is -0.211. The minimum absolute atomic E-state index is 0.198. The molecule has 4 atom stereocenters. The smallest absolute Gasteiger partial charge is 0.146 e. The van der Waals surface area contributed by atoms with E-state index in [2.05, 4.69) is 12.2 Å². The first-order chi connectivity index (χ1) is 9.17. The van der Waals surface area contributed by atoms with Crippen LogP contribution < -0.4 is 0 Å². The normalized spacial score (nSPS) is 29.2. The van der Waals surface area contributed by atoms with Crippen LogP contribution in [-0.4, -0.2) is 42.9 Å². The Morgan fingerprint density at radius 1 is 1.37 bits per heavy atom. The molecule has 1 saturated carbocycles. The quantitative estimate of drug-likeness (QED) is 0.383. The first-order valence-electron chi connectivity index (χ1n) is 7.23. The van der Waals surface area contributed by atoms with Gasteiger partial charge in [0, 0.05) is 13.7 Å². The van der Waals surface area contributed by atoms with Crippen molar-refractivity contribution < 1.29 is 19.7 Å². The fourth-order valence-electron chi connectivity index (χ4n) is 2.65. The van der Waals surface area contributed by atoms with Crippen molar-refractivity contribution in [2.24, 2.45) is 11.8 Å². The zero-order valence-electron chi connectivity index (χ0n) is 12.1. The number of ether oxygens (including phenoxy) is 2. The first-order valence-corrected chi connectivity index (χ1v) is 7.23. The van der Waals surface area contributed by atoms with Gasteiger partial charge in [0.1, 0.15) is 6.79 Å². The average molecular weight is 272 g/mol. The van der Waals surface area contributed by atoms with E-state index in [1.165, 1.54) is 0 Å². The summed E-state index contributed by atoms with van der Waals surface area (Å²) in [5.74, 6) is 0.702. The number of aliphatic hydroxyl groups excluding tert-OH is 2. The molecule has 1 aliphatic rings. The fourth-order valence-corrected chi connectivity index (χ4v) is 2.65. The van der Waals surface area contributed by atoms with Crippen molar-refractivity contribution in [1.29, 1.82) is 0 Å². The molecule has 4 nitrogen and oxygen atoms in total. The molecule has 0 heterocycles. The third-order valence-corrected chi connectivity index (χ3v) is 3.74. The molecular weight excluding hydrogens is 244 g/mol. The van der Waals surface area contributed by atoms with Crippen LogP contribution in [0.15, 0.2) is 12.2 Å². The monoisotopic (exact) mass is 272 g/mol. The lowest BCUT2D eigenvalue weighted by atomic mass is 9.96. The highest BCUT2D eigenvalue weighted by Gasteiger charge is 2.32. The van der Waals surface area contributed by atoms with Crippen LogP contribution in [0.4, 0.5) is 0 Å². The number of hydrogen-bond donors (Lipinski definition) is 2. The number of rotatable bonds is 9. The molecule has 0 aromatic carbocycles. The molecular formula is C15H28O4. The molecule has 1 rings (SSSR count). The zero-order chi connectivity index (χ0) is 14.1. The lowest BCUT2D eigenvalue weighted by Gasteiger charge is -2.11. The molecule has 0 spiro atoms. The van der Waals surface area contributed by atoms with Crippen molar-refractivity contribution in [3.8, 4) is 0 Å². The number of aliphatic hydroxyl groups is 2. The predicted molar refractivity (Wildman–Crippen MR) is 74.7 cm³/mol. The van der Waals surface area contributed by atoms with Crippen LogP contribution in [0, 0.1) is 11.8 Å². The Labute approximate surface area is 116 Å². The zero-order valence-corrected chi connectivity index (χ0v) is 12.1. The van der Waals surface area contributed by atoms with Crippen LogP contribution in [-0.2, 0) is 9.47 Å². The Bertz CT molecular complexity index is 253. The maximum atomic E-state index is 9.40. The second-order valence-electron chi connectivity index (χ2n) is 5.48. The third-order valence-electron chi connectivity index (χ3n) is 3.74. The summed E-state index contributed by atoms with van der Waals surface area (Å²) in [6, 6.07) is 0. The van der Waals surface area contributed by atoms with Gasteiger partial charge in [-0.2, -0.15) is 0 Å². The van der Waals surface area contributed by atoms with Gasteiger partial charge in [0.05, 0.1) is 12.2 Å². The van der Waals surface area contributed by atoms with Gasteiger partial charge in [0.2, 0.25) is 0 Å². The Kier molecular flexibility index (Phi) is 8.30. The molecule has 0 saturated heterocycles. The highest BCUT2D eigenvalue weighted by Crippen LogP contribution is 2.34. The molecule has 2 N–H and O–H groups in total. The summed E-state index contributed by atoms with van der Waals surface area (Å²) in [6.45, 7) is 2.36. The van der Waals surface area contributed by atoms with Gasteiger partial charge in [0.15, 0.2) is 0 Å². The Hall–Kier alpha value is -0.420. The maximum absolute atomic E-state index is 9.40. The molecule has 1 aliphatic carbocycles. The summed E-state index contributed by atoms with van der Waals surface area (Å²) in [5, 5.41) is 18.6. The molecule has 19 heavy (non-hydrogen) atoms. The average Bonchev–Trinajstić information content (AvgIpc) is 2.78. The van der Waals surface area contributed by atoms with Gasteiger partial charge < -0.3 is 19.7 Å². The second-order valence-corrected chi connectivity index (χ2v) is 5.48. The van der Waals surface area contributed by atoms with Crippen LogP contribution in [0.2, 0.25) is 0 Å². The maximum Gasteiger partial charge on any atom is 0.146 e. The van der Waals surface area contributed by atoms with E-state index in [4.69, 9.17) is 9.47 Å². The summed E-state index contributed by atoms with van der Waals surface area (Å²) in [4.78, 5) is 0. The van der Waals surface area contributed by atoms with Gasteiger partial charge >= 0.3 is 0 Å². The third kappa shape index (κ3) is 6.52. The van der Waals surface area contributed by atoms with Crippen LogP contribution in [0.25, 0.3) is 0 Å². The van der Waals surface area contributed by atoms with Gasteiger partial charge in [-0.25, -0.2) is 0 Å². The molecule has 112 valence electrons. The molecule has 0 aromatic heterocycles. The molecule has 0 bridgehead atoms. The lowest BCUT2D eigenvalue weighted by Crippen LogP contribution is -2.11. The summed E-state index contributed by atoms with van der Waals surface area (Å²) in [7, 11) is 1.62. The highest BCUT2D eigenvalue weighted by atomic mass is 16.7. The Morgan fingerprint density at radius 3 is 2.79 bits per heavy atom. The second kappa shape index (κ2) is 9.48. The predicted octanol–water partition coefficient (Wildman–Crippen LogP) is 2.10.